The van der Waals surface area contributed by atoms with Gasteiger partial charge in [0.25, 0.3) is 0 Å². The van der Waals surface area contributed by atoms with Crippen molar-refractivity contribution < 1.29 is 24.1 Å². The van der Waals surface area contributed by atoms with Crippen LogP contribution < -0.4 is 24.8 Å². The van der Waals surface area contributed by atoms with E-state index in [1.54, 1.807) is 45.7 Å². The number of hydrogen-bond acceptors (Lipinski definition) is 7. The van der Waals surface area contributed by atoms with Crippen molar-refractivity contribution in [2.45, 2.75) is 6.42 Å². The maximum absolute atomic E-state index is 11.4. The number of aromatic nitrogens is 2. The van der Waals surface area contributed by atoms with E-state index in [1.165, 1.54) is 0 Å². The zero-order valence-electron chi connectivity index (χ0n) is 19.7. The standard InChI is InChI=1S/C26H26N4O5/c1-33-19-8-7-17-13-18(14-22(20(17)15-19)30-26(31)32)21-10-12-28-25(29-21)27-11-9-16-5-4-6-23(34-2)24(16)35-3/h4-8,10,12-15,30H,9,11H2,1-3H3,(H,31,32)(H,27,28,29). The van der Waals surface area contributed by atoms with Crippen LogP contribution in [0, 0.1) is 0 Å². The number of anilines is 2. The third kappa shape index (κ3) is 5.35. The molecule has 0 radical (unpaired) electrons. The average molecular weight is 475 g/mol. The number of methoxy groups -OCH3 is 3. The number of carboxylic acid groups (broad SMARTS) is 1. The number of carbonyl (C=O) groups is 1. The normalized spacial score (nSPS) is 10.6. The molecule has 3 N–H and O–H groups in total. The van der Waals surface area contributed by atoms with Gasteiger partial charge < -0.3 is 24.6 Å². The Morgan fingerprint density at radius 3 is 2.60 bits per heavy atom. The summed E-state index contributed by atoms with van der Waals surface area (Å²) in [7, 11) is 4.80. The molecule has 0 aliphatic heterocycles. The Morgan fingerprint density at radius 2 is 1.86 bits per heavy atom. The molecular weight excluding hydrogens is 448 g/mol. The lowest BCUT2D eigenvalue weighted by molar-refractivity contribution is 0.210. The third-order valence-electron chi connectivity index (χ3n) is 5.52. The highest BCUT2D eigenvalue weighted by molar-refractivity contribution is 6.02. The summed E-state index contributed by atoms with van der Waals surface area (Å²) >= 11 is 0. The van der Waals surface area contributed by atoms with Crippen molar-refractivity contribution in [2.24, 2.45) is 0 Å². The summed E-state index contributed by atoms with van der Waals surface area (Å²) in [5, 5.41) is 16.6. The minimum absolute atomic E-state index is 0.446. The number of para-hydroxylation sites is 1. The minimum Gasteiger partial charge on any atom is -0.497 e. The van der Waals surface area contributed by atoms with Gasteiger partial charge in [-0.2, -0.15) is 0 Å². The van der Waals surface area contributed by atoms with Crippen molar-refractivity contribution in [3.8, 4) is 28.5 Å². The molecule has 0 aliphatic rings. The molecule has 4 aromatic rings. The lowest BCUT2D eigenvalue weighted by atomic mass is 10.0. The number of fused-ring (bicyclic) bond motifs is 1. The van der Waals surface area contributed by atoms with E-state index in [9.17, 15) is 9.90 Å². The molecule has 3 aromatic carbocycles. The molecule has 1 aromatic heterocycles. The van der Waals surface area contributed by atoms with E-state index in [-0.39, 0.29) is 0 Å². The van der Waals surface area contributed by atoms with Gasteiger partial charge in [0.05, 0.1) is 32.7 Å². The smallest absolute Gasteiger partial charge is 0.409 e. The highest BCUT2D eigenvalue weighted by atomic mass is 16.5. The summed E-state index contributed by atoms with van der Waals surface area (Å²) in [4.78, 5) is 20.4. The highest BCUT2D eigenvalue weighted by Gasteiger charge is 2.12. The van der Waals surface area contributed by atoms with E-state index >= 15 is 0 Å². The van der Waals surface area contributed by atoms with Crippen molar-refractivity contribution in [1.82, 2.24) is 9.97 Å². The zero-order chi connectivity index (χ0) is 24.8. The maximum atomic E-state index is 11.4. The van der Waals surface area contributed by atoms with E-state index in [4.69, 9.17) is 14.2 Å². The second kappa shape index (κ2) is 10.6. The molecule has 0 saturated carbocycles. The van der Waals surface area contributed by atoms with E-state index < -0.39 is 6.09 Å². The molecular formula is C26H26N4O5. The molecule has 9 nitrogen and oxygen atoms in total. The number of ether oxygens (including phenoxy) is 3. The SMILES string of the molecule is COc1ccc2cc(-c3ccnc(NCCc4cccc(OC)c4OC)n3)cc(NC(=O)O)c2c1. The molecule has 35 heavy (non-hydrogen) atoms. The van der Waals surface area contributed by atoms with Gasteiger partial charge >= 0.3 is 6.09 Å². The van der Waals surface area contributed by atoms with Crippen LogP contribution in [0.3, 0.4) is 0 Å². The van der Waals surface area contributed by atoms with Crippen LogP contribution in [0.15, 0.2) is 60.8 Å². The highest BCUT2D eigenvalue weighted by Crippen LogP contribution is 2.33. The van der Waals surface area contributed by atoms with Gasteiger partial charge in [-0.15, -0.1) is 0 Å². The van der Waals surface area contributed by atoms with Gasteiger partial charge in [0.15, 0.2) is 11.5 Å². The molecule has 0 spiro atoms. The van der Waals surface area contributed by atoms with Crippen LogP contribution in [0.4, 0.5) is 16.4 Å². The minimum atomic E-state index is -1.15. The molecule has 180 valence electrons. The molecule has 0 fully saturated rings. The van der Waals surface area contributed by atoms with Crippen LogP contribution in [0.2, 0.25) is 0 Å². The van der Waals surface area contributed by atoms with Crippen LogP contribution in [0.25, 0.3) is 22.0 Å². The molecule has 0 atom stereocenters. The molecule has 9 heteroatoms. The average Bonchev–Trinajstić information content (AvgIpc) is 2.88. The van der Waals surface area contributed by atoms with Gasteiger partial charge in [-0.3, -0.25) is 5.32 Å². The predicted molar refractivity (Wildman–Crippen MR) is 135 cm³/mol. The first-order valence-corrected chi connectivity index (χ1v) is 10.9. The first kappa shape index (κ1) is 23.6. The van der Waals surface area contributed by atoms with Gasteiger partial charge in [-0.1, -0.05) is 18.2 Å². The lowest BCUT2D eigenvalue weighted by Crippen LogP contribution is -2.09. The monoisotopic (exact) mass is 474 g/mol. The first-order chi connectivity index (χ1) is 17.0. The lowest BCUT2D eigenvalue weighted by Gasteiger charge is -2.13. The zero-order valence-corrected chi connectivity index (χ0v) is 19.7. The Labute approximate surface area is 202 Å². The Bertz CT molecular complexity index is 1360. The van der Waals surface area contributed by atoms with Gasteiger partial charge in [0.1, 0.15) is 5.75 Å². The molecule has 4 rings (SSSR count). The van der Waals surface area contributed by atoms with E-state index in [2.05, 4.69) is 20.6 Å². The van der Waals surface area contributed by atoms with Gasteiger partial charge in [0, 0.05) is 23.7 Å². The van der Waals surface area contributed by atoms with Crippen molar-refractivity contribution in [2.75, 3.05) is 38.5 Å². The quantitative estimate of drug-likeness (QED) is 0.308. The fraction of sp³-hybridized carbons (Fsp3) is 0.192. The number of nitrogens with zero attached hydrogens (tertiary/aromatic N) is 2. The Morgan fingerprint density at radius 1 is 1.00 bits per heavy atom. The summed E-state index contributed by atoms with van der Waals surface area (Å²) < 4.78 is 16.2. The first-order valence-electron chi connectivity index (χ1n) is 10.9. The van der Waals surface area contributed by atoms with E-state index in [0.717, 1.165) is 21.9 Å². The number of benzene rings is 3. The van der Waals surface area contributed by atoms with Crippen LogP contribution in [0.1, 0.15) is 5.56 Å². The molecule has 0 saturated heterocycles. The molecule has 1 heterocycles. The summed E-state index contributed by atoms with van der Waals surface area (Å²) in [5.74, 6) is 2.49. The van der Waals surface area contributed by atoms with Crippen LogP contribution in [-0.2, 0) is 6.42 Å². The number of amides is 1. The number of hydrogen-bond donors (Lipinski definition) is 3. The second-order valence-electron chi connectivity index (χ2n) is 7.64. The van der Waals surface area contributed by atoms with E-state index in [1.807, 2.05) is 36.4 Å². The second-order valence-corrected chi connectivity index (χ2v) is 7.64. The van der Waals surface area contributed by atoms with Crippen molar-refractivity contribution in [1.29, 1.82) is 0 Å². The number of nitrogens with one attached hydrogen (secondary N) is 2. The Balaban J connectivity index is 1.58. The fourth-order valence-corrected chi connectivity index (χ4v) is 3.89. The van der Waals surface area contributed by atoms with Gasteiger partial charge in [-0.05, 0) is 53.8 Å². The van der Waals surface area contributed by atoms with Gasteiger partial charge in [0.2, 0.25) is 5.95 Å². The van der Waals surface area contributed by atoms with Crippen molar-refractivity contribution in [3.63, 3.8) is 0 Å². The predicted octanol–water partition coefficient (Wildman–Crippen LogP) is 5.07. The molecule has 0 bridgehead atoms. The van der Waals surface area contributed by atoms with Gasteiger partial charge in [-0.25, -0.2) is 14.8 Å². The summed E-state index contributed by atoms with van der Waals surface area (Å²) in [6.45, 7) is 0.580. The molecule has 0 unspecified atom stereocenters. The van der Waals surface area contributed by atoms with Crippen LogP contribution in [-0.4, -0.2) is 49.0 Å². The summed E-state index contributed by atoms with van der Waals surface area (Å²) in [6.07, 6.45) is 1.20. The summed E-state index contributed by atoms with van der Waals surface area (Å²) in [5.41, 5.74) is 2.87. The topological polar surface area (TPSA) is 115 Å². The third-order valence-corrected chi connectivity index (χ3v) is 5.52. The Hall–Kier alpha value is -4.53. The summed E-state index contributed by atoms with van der Waals surface area (Å²) in [6, 6.07) is 16.8. The molecule has 1 amide bonds. The Kier molecular flexibility index (Phi) is 7.15. The molecule has 0 aliphatic carbocycles. The van der Waals surface area contributed by atoms with Crippen molar-refractivity contribution >= 4 is 28.5 Å². The fourth-order valence-electron chi connectivity index (χ4n) is 3.89. The van der Waals surface area contributed by atoms with Crippen LogP contribution in [0.5, 0.6) is 17.2 Å². The van der Waals surface area contributed by atoms with Crippen molar-refractivity contribution in [3.05, 3.63) is 66.4 Å². The number of rotatable bonds is 9. The maximum Gasteiger partial charge on any atom is 0.409 e. The van der Waals surface area contributed by atoms with E-state index in [0.29, 0.717) is 47.5 Å². The largest absolute Gasteiger partial charge is 0.497 e. The van der Waals surface area contributed by atoms with Crippen LogP contribution >= 0.6 is 0 Å².